The third-order valence-corrected chi connectivity index (χ3v) is 8.64. The van der Waals surface area contributed by atoms with Crippen molar-refractivity contribution in [2.45, 2.75) is 26.7 Å². The van der Waals surface area contributed by atoms with Gasteiger partial charge in [-0.3, -0.25) is 24.5 Å². The molecule has 0 unspecified atom stereocenters. The molecule has 7 heteroatoms. The summed E-state index contributed by atoms with van der Waals surface area (Å²) in [6.45, 7) is 3.82. The number of hydrogen-bond donors (Lipinski definition) is 0. The summed E-state index contributed by atoms with van der Waals surface area (Å²) in [5.41, 5.74) is 1.21. The van der Waals surface area contributed by atoms with Crippen molar-refractivity contribution in [2.24, 2.45) is 22.7 Å². The molecule has 38 heavy (non-hydrogen) atoms. The maximum Gasteiger partial charge on any atom is 0.269 e. The quantitative estimate of drug-likeness (QED) is 0.243. The SMILES string of the molecule is CCC[C@@]12C(=O)[C@@](C)(C(c3ccccc3)=C1c1ccccc1)[C@H]1C(=O)N(c3ccc([N+](=O)[O-])cc3)C(=O)[C@@H]12. The highest BCUT2D eigenvalue weighted by atomic mass is 16.6. The van der Waals surface area contributed by atoms with E-state index in [1.807, 2.05) is 74.5 Å². The Kier molecular flexibility index (Phi) is 5.24. The van der Waals surface area contributed by atoms with E-state index in [0.29, 0.717) is 12.8 Å². The normalized spacial score (nSPS) is 27.8. The van der Waals surface area contributed by atoms with Crippen molar-refractivity contribution in [3.63, 3.8) is 0 Å². The second-order valence-corrected chi connectivity index (χ2v) is 10.5. The first-order chi connectivity index (χ1) is 18.3. The van der Waals surface area contributed by atoms with Gasteiger partial charge in [-0.1, -0.05) is 74.0 Å². The molecule has 1 aliphatic heterocycles. The number of non-ortho nitro benzene ring substituents is 1. The molecule has 1 saturated heterocycles. The zero-order valence-corrected chi connectivity index (χ0v) is 21.1. The van der Waals surface area contributed by atoms with Crippen LogP contribution in [0.15, 0.2) is 84.9 Å². The van der Waals surface area contributed by atoms with Crippen LogP contribution in [0.4, 0.5) is 11.4 Å². The monoisotopic (exact) mass is 506 g/mol. The summed E-state index contributed by atoms with van der Waals surface area (Å²) in [7, 11) is 0. The molecular weight excluding hydrogens is 480 g/mol. The third-order valence-electron chi connectivity index (χ3n) is 8.64. The number of Topliss-reactive ketones (excluding diaryl/α,β-unsaturated/α-hetero) is 1. The van der Waals surface area contributed by atoms with Crippen LogP contribution in [-0.2, 0) is 14.4 Å². The zero-order chi connectivity index (χ0) is 26.8. The second kappa shape index (κ2) is 8.31. The van der Waals surface area contributed by atoms with Gasteiger partial charge in [-0.15, -0.1) is 0 Å². The maximum atomic E-state index is 14.6. The summed E-state index contributed by atoms with van der Waals surface area (Å²) in [6.07, 6.45) is 1.10. The average Bonchev–Trinajstić information content (AvgIpc) is 3.39. The van der Waals surface area contributed by atoms with Crippen molar-refractivity contribution in [1.29, 1.82) is 0 Å². The van der Waals surface area contributed by atoms with Crippen LogP contribution in [0.5, 0.6) is 0 Å². The minimum atomic E-state index is -1.20. The van der Waals surface area contributed by atoms with Crippen molar-refractivity contribution in [3.05, 3.63) is 106 Å². The first-order valence-electron chi connectivity index (χ1n) is 12.8. The number of hydrogen-bond acceptors (Lipinski definition) is 5. The fraction of sp³-hybridized carbons (Fsp3) is 0.258. The highest BCUT2D eigenvalue weighted by Crippen LogP contribution is 2.74. The standard InChI is InChI=1S/C31H26N2O5/c1-3-18-31-24(20-12-8-5-9-13-20)23(19-10-6-4-7-11-19)30(2,29(31)36)25-26(31)28(35)32(27(25)34)21-14-16-22(17-15-21)33(37)38/h4-17,25-26H,3,18H2,1-2H3/t25-,26-,30+,31-/m1/s1. The minimum Gasteiger partial charge on any atom is -0.298 e. The summed E-state index contributed by atoms with van der Waals surface area (Å²) in [6, 6.07) is 24.8. The van der Waals surface area contributed by atoms with Gasteiger partial charge in [-0.25, -0.2) is 4.90 Å². The van der Waals surface area contributed by atoms with E-state index >= 15 is 0 Å². The molecule has 190 valence electrons. The van der Waals surface area contributed by atoms with Crippen molar-refractivity contribution in [2.75, 3.05) is 4.90 Å². The van der Waals surface area contributed by atoms with Gasteiger partial charge < -0.3 is 0 Å². The summed E-state index contributed by atoms with van der Waals surface area (Å²) in [5.74, 6) is -2.61. The number of fused-ring (bicyclic) bond motifs is 5. The van der Waals surface area contributed by atoms with Gasteiger partial charge in [0.2, 0.25) is 11.8 Å². The van der Waals surface area contributed by atoms with E-state index < -0.39 is 39.4 Å². The smallest absolute Gasteiger partial charge is 0.269 e. The lowest BCUT2D eigenvalue weighted by molar-refractivity contribution is -0.384. The Morgan fingerprint density at radius 2 is 1.32 bits per heavy atom. The molecule has 3 aliphatic rings. The highest BCUT2D eigenvalue weighted by molar-refractivity contribution is 6.34. The van der Waals surface area contributed by atoms with Crippen molar-refractivity contribution >= 4 is 40.1 Å². The predicted molar refractivity (Wildman–Crippen MR) is 143 cm³/mol. The van der Waals surface area contributed by atoms with Crippen LogP contribution in [0.1, 0.15) is 37.8 Å². The van der Waals surface area contributed by atoms with Crippen LogP contribution in [-0.4, -0.2) is 22.5 Å². The summed E-state index contributed by atoms with van der Waals surface area (Å²) >= 11 is 0. The number of carbonyl (C=O) groups is 3. The van der Waals surface area contributed by atoms with Crippen LogP contribution >= 0.6 is 0 Å². The molecule has 0 radical (unpaired) electrons. The molecule has 6 rings (SSSR count). The van der Waals surface area contributed by atoms with Crippen LogP contribution in [0.3, 0.4) is 0 Å². The number of benzene rings is 3. The number of carbonyl (C=O) groups excluding carboxylic acids is 3. The Morgan fingerprint density at radius 1 is 0.789 bits per heavy atom. The number of nitrogens with zero attached hydrogens (tertiary/aromatic N) is 2. The van der Waals surface area contributed by atoms with E-state index in [1.165, 1.54) is 24.3 Å². The highest BCUT2D eigenvalue weighted by Gasteiger charge is 2.80. The predicted octanol–water partition coefficient (Wildman–Crippen LogP) is 5.70. The Balaban J connectivity index is 1.61. The fourth-order valence-electron chi connectivity index (χ4n) is 7.34. The van der Waals surface area contributed by atoms with Gasteiger partial charge in [0.25, 0.3) is 5.69 Å². The van der Waals surface area contributed by atoms with E-state index in [-0.39, 0.29) is 17.2 Å². The number of ketones is 1. The summed E-state index contributed by atoms with van der Waals surface area (Å²) < 4.78 is 0. The van der Waals surface area contributed by atoms with Gasteiger partial charge >= 0.3 is 0 Å². The molecule has 3 aromatic carbocycles. The van der Waals surface area contributed by atoms with E-state index in [1.54, 1.807) is 0 Å². The van der Waals surface area contributed by atoms with Crippen LogP contribution in [0.25, 0.3) is 11.1 Å². The first-order valence-corrected chi connectivity index (χ1v) is 12.8. The lowest BCUT2D eigenvalue weighted by atomic mass is 9.61. The molecule has 4 atom stereocenters. The molecule has 1 heterocycles. The van der Waals surface area contributed by atoms with E-state index in [0.717, 1.165) is 27.2 Å². The molecule has 2 fully saturated rings. The molecular formula is C31H26N2O5. The van der Waals surface area contributed by atoms with E-state index in [2.05, 4.69) is 0 Å². The number of rotatable bonds is 6. The molecule has 7 nitrogen and oxygen atoms in total. The number of allylic oxidation sites excluding steroid dienone is 2. The maximum absolute atomic E-state index is 14.6. The van der Waals surface area contributed by atoms with Crippen molar-refractivity contribution < 1.29 is 19.3 Å². The minimum absolute atomic E-state index is 0.0652. The van der Waals surface area contributed by atoms with E-state index in [4.69, 9.17) is 0 Å². The zero-order valence-electron chi connectivity index (χ0n) is 21.1. The number of imide groups is 1. The topological polar surface area (TPSA) is 97.6 Å². The fourth-order valence-corrected chi connectivity index (χ4v) is 7.34. The van der Waals surface area contributed by atoms with Crippen LogP contribution in [0, 0.1) is 32.8 Å². The molecule has 0 spiro atoms. The Labute approximate surface area is 219 Å². The van der Waals surface area contributed by atoms with Gasteiger partial charge in [0, 0.05) is 12.1 Å². The van der Waals surface area contributed by atoms with E-state index in [9.17, 15) is 24.5 Å². The van der Waals surface area contributed by atoms with Gasteiger partial charge in [0.05, 0.1) is 33.3 Å². The number of nitro benzene ring substituents is 1. The number of amides is 2. The molecule has 3 aromatic rings. The lowest BCUT2D eigenvalue weighted by Gasteiger charge is -2.37. The first kappa shape index (κ1) is 24.0. The molecule has 0 N–H and O–H groups in total. The van der Waals surface area contributed by atoms with Gasteiger partial charge in [0.15, 0.2) is 5.78 Å². The molecule has 2 bridgehead atoms. The second-order valence-electron chi connectivity index (χ2n) is 10.5. The number of nitro groups is 1. The van der Waals surface area contributed by atoms with Gasteiger partial charge in [0.1, 0.15) is 0 Å². The largest absolute Gasteiger partial charge is 0.298 e. The molecule has 0 aromatic heterocycles. The summed E-state index contributed by atoms with van der Waals surface area (Å²) in [5, 5.41) is 11.2. The molecule has 2 aliphatic carbocycles. The average molecular weight is 507 g/mol. The third kappa shape index (κ3) is 2.87. The Bertz CT molecular complexity index is 1530. The van der Waals surface area contributed by atoms with Gasteiger partial charge in [-0.2, -0.15) is 0 Å². The van der Waals surface area contributed by atoms with Crippen LogP contribution < -0.4 is 4.90 Å². The molecule has 2 amide bonds. The lowest BCUT2D eigenvalue weighted by Crippen LogP contribution is -2.41. The summed E-state index contributed by atoms with van der Waals surface area (Å²) in [4.78, 5) is 54.7. The number of anilines is 1. The molecule has 1 saturated carbocycles. The van der Waals surface area contributed by atoms with Crippen molar-refractivity contribution in [1.82, 2.24) is 0 Å². The van der Waals surface area contributed by atoms with Crippen LogP contribution in [0.2, 0.25) is 0 Å². The van der Waals surface area contributed by atoms with Gasteiger partial charge in [-0.05, 0) is 47.8 Å². The Morgan fingerprint density at radius 3 is 1.84 bits per heavy atom. The Hall–Kier alpha value is -4.39. The van der Waals surface area contributed by atoms with Crippen molar-refractivity contribution in [3.8, 4) is 0 Å².